The van der Waals surface area contributed by atoms with Crippen molar-refractivity contribution in [3.8, 4) is 5.75 Å². The monoisotopic (exact) mass is 430 g/mol. The maximum Gasteiger partial charge on any atom is 0.329 e. The van der Waals surface area contributed by atoms with E-state index in [1.807, 2.05) is 35.0 Å². The summed E-state index contributed by atoms with van der Waals surface area (Å²) >= 11 is 0. The third-order valence-electron chi connectivity index (χ3n) is 5.24. The molecule has 30 heavy (non-hydrogen) atoms. The molecule has 2 aromatic carbocycles. The third kappa shape index (κ3) is 3.79. The summed E-state index contributed by atoms with van der Waals surface area (Å²) in [7, 11) is -2.25. The van der Waals surface area contributed by atoms with Crippen LogP contribution >= 0.6 is 0 Å². The molecule has 0 aliphatic carbocycles. The lowest BCUT2D eigenvalue weighted by Crippen LogP contribution is -2.43. The summed E-state index contributed by atoms with van der Waals surface area (Å²) < 4.78 is 40.9. The van der Waals surface area contributed by atoms with Gasteiger partial charge in [0.25, 0.3) is 0 Å². The van der Waals surface area contributed by atoms with Crippen molar-refractivity contribution in [2.45, 2.75) is 17.5 Å². The van der Waals surface area contributed by atoms with Crippen LogP contribution in [0.5, 0.6) is 5.75 Å². The van der Waals surface area contributed by atoms with E-state index in [-0.39, 0.29) is 18.0 Å². The van der Waals surface area contributed by atoms with Crippen LogP contribution in [0, 0.1) is 0 Å². The van der Waals surface area contributed by atoms with E-state index in [0.29, 0.717) is 12.3 Å². The molecule has 9 heteroatoms. The maximum atomic E-state index is 13.5. The number of aromatic nitrogens is 1. The van der Waals surface area contributed by atoms with Crippen molar-refractivity contribution in [2.24, 2.45) is 0 Å². The predicted octanol–water partition coefficient (Wildman–Crippen LogP) is 2.50. The van der Waals surface area contributed by atoms with E-state index < -0.39 is 28.6 Å². The minimum Gasteiger partial charge on any atom is -0.497 e. The molecule has 0 amide bonds. The van der Waals surface area contributed by atoms with E-state index in [9.17, 15) is 13.2 Å². The van der Waals surface area contributed by atoms with Crippen LogP contribution in [0.2, 0.25) is 0 Å². The quantitative estimate of drug-likeness (QED) is 0.619. The lowest BCUT2D eigenvalue weighted by Gasteiger charge is -2.35. The summed E-state index contributed by atoms with van der Waals surface area (Å²) in [5.74, 6) is -0.397. The average Bonchev–Trinajstić information content (AvgIpc) is 3.22. The molecule has 4 rings (SSSR count). The van der Waals surface area contributed by atoms with Gasteiger partial charge in [-0.05, 0) is 47.2 Å². The number of fused-ring (bicyclic) bond motifs is 2. The van der Waals surface area contributed by atoms with Gasteiger partial charge >= 0.3 is 5.97 Å². The number of carboxylic acids is 1. The molecular weight excluding hydrogens is 408 g/mol. The van der Waals surface area contributed by atoms with Crippen molar-refractivity contribution in [1.82, 2.24) is 8.87 Å². The first-order chi connectivity index (χ1) is 14.4. The van der Waals surface area contributed by atoms with Gasteiger partial charge in [-0.25, -0.2) is 13.2 Å². The van der Waals surface area contributed by atoms with E-state index in [1.165, 1.54) is 4.31 Å². The standard InChI is InChI=1S/C21H22N2O6S/c1-28-17-6-4-16-12-18(7-5-15(16)11-17)30(26,27)23-10-9-22-8-2-3-19(22)20(23)13-29-14-21(24)25/h2-8,11-12,20H,9-10,13-14H2,1H3,(H,24,25). The molecule has 3 aromatic rings. The molecule has 1 aliphatic heterocycles. The fourth-order valence-electron chi connectivity index (χ4n) is 3.78. The molecule has 1 unspecified atom stereocenters. The smallest absolute Gasteiger partial charge is 0.329 e. The Bertz CT molecular complexity index is 1190. The van der Waals surface area contributed by atoms with Crippen molar-refractivity contribution in [3.63, 3.8) is 0 Å². The van der Waals surface area contributed by atoms with Crippen LogP contribution in [0.1, 0.15) is 11.7 Å². The first-order valence-electron chi connectivity index (χ1n) is 9.44. The normalized spacial score (nSPS) is 17.0. The number of hydrogen-bond acceptors (Lipinski definition) is 5. The molecule has 1 atom stereocenters. The topological polar surface area (TPSA) is 98.1 Å². The maximum absolute atomic E-state index is 13.5. The summed E-state index contributed by atoms with van der Waals surface area (Å²) in [4.78, 5) is 11.0. The summed E-state index contributed by atoms with van der Waals surface area (Å²) in [6.07, 6.45) is 1.88. The summed E-state index contributed by atoms with van der Waals surface area (Å²) in [6.45, 7) is 0.261. The van der Waals surface area contributed by atoms with Crippen LogP contribution < -0.4 is 4.74 Å². The average molecular weight is 430 g/mol. The fraction of sp³-hybridized carbons (Fsp3) is 0.286. The number of benzene rings is 2. The highest BCUT2D eigenvalue weighted by atomic mass is 32.2. The number of carboxylic acid groups (broad SMARTS) is 1. The van der Waals surface area contributed by atoms with E-state index in [2.05, 4.69) is 0 Å². The fourth-order valence-corrected chi connectivity index (χ4v) is 5.39. The number of rotatable bonds is 7. The van der Waals surface area contributed by atoms with Crippen LogP contribution in [0.4, 0.5) is 0 Å². The Morgan fingerprint density at radius 3 is 2.67 bits per heavy atom. The lowest BCUT2D eigenvalue weighted by atomic mass is 10.1. The Morgan fingerprint density at radius 1 is 1.13 bits per heavy atom. The van der Waals surface area contributed by atoms with Crippen LogP contribution in [-0.4, -0.2) is 55.2 Å². The van der Waals surface area contributed by atoms with Gasteiger partial charge in [0.05, 0.1) is 24.7 Å². The van der Waals surface area contributed by atoms with Crippen molar-refractivity contribution in [1.29, 1.82) is 0 Å². The van der Waals surface area contributed by atoms with Crippen molar-refractivity contribution in [3.05, 3.63) is 60.4 Å². The summed E-state index contributed by atoms with van der Waals surface area (Å²) in [6, 6.07) is 13.5. The largest absolute Gasteiger partial charge is 0.497 e. The molecular formula is C21H22N2O6S. The molecule has 1 aliphatic rings. The lowest BCUT2D eigenvalue weighted by molar-refractivity contribution is -0.142. The molecule has 0 fully saturated rings. The highest BCUT2D eigenvalue weighted by Gasteiger charge is 2.37. The van der Waals surface area contributed by atoms with Gasteiger partial charge in [-0.3, -0.25) is 0 Å². The first kappa shape index (κ1) is 20.4. The molecule has 0 saturated heterocycles. The first-order valence-corrected chi connectivity index (χ1v) is 10.9. The Hall–Kier alpha value is -2.88. The van der Waals surface area contributed by atoms with E-state index >= 15 is 0 Å². The third-order valence-corrected chi connectivity index (χ3v) is 7.15. The van der Waals surface area contributed by atoms with Gasteiger partial charge in [-0.15, -0.1) is 0 Å². The van der Waals surface area contributed by atoms with Crippen molar-refractivity contribution >= 4 is 26.8 Å². The Labute approximate surface area is 174 Å². The van der Waals surface area contributed by atoms with Gasteiger partial charge in [0.2, 0.25) is 10.0 Å². The van der Waals surface area contributed by atoms with Crippen LogP contribution in [0.15, 0.2) is 59.6 Å². The Morgan fingerprint density at radius 2 is 1.90 bits per heavy atom. The Kier molecular flexibility index (Phi) is 5.50. The number of hydrogen-bond donors (Lipinski definition) is 1. The molecule has 8 nitrogen and oxygen atoms in total. The zero-order chi connectivity index (χ0) is 21.3. The van der Waals surface area contributed by atoms with Crippen molar-refractivity contribution < 1.29 is 27.8 Å². The van der Waals surface area contributed by atoms with Gasteiger partial charge in [-0.2, -0.15) is 4.31 Å². The molecule has 0 bridgehead atoms. The summed E-state index contributed by atoms with van der Waals surface area (Å²) in [5.41, 5.74) is 0.778. The van der Waals surface area contributed by atoms with Gasteiger partial charge in [0.15, 0.2) is 0 Å². The second-order valence-electron chi connectivity index (χ2n) is 7.04. The number of methoxy groups -OCH3 is 1. The van der Waals surface area contributed by atoms with Crippen LogP contribution in [-0.2, 0) is 26.1 Å². The number of sulfonamides is 1. The number of aliphatic carboxylic acids is 1. The zero-order valence-corrected chi connectivity index (χ0v) is 17.2. The molecule has 1 N–H and O–H groups in total. The van der Waals surface area contributed by atoms with E-state index in [1.54, 1.807) is 31.4 Å². The second kappa shape index (κ2) is 8.10. The number of carbonyl (C=O) groups is 1. The molecule has 158 valence electrons. The minimum atomic E-state index is -3.83. The predicted molar refractivity (Wildman–Crippen MR) is 110 cm³/mol. The summed E-state index contributed by atoms with van der Waals surface area (Å²) in [5, 5.41) is 10.5. The highest BCUT2D eigenvalue weighted by Crippen LogP contribution is 2.33. The Balaban J connectivity index is 1.69. The van der Waals surface area contributed by atoms with Gasteiger partial charge in [0.1, 0.15) is 12.4 Å². The molecule has 1 aromatic heterocycles. The van der Waals surface area contributed by atoms with Crippen LogP contribution in [0.3, 0.4) is 0 Å². The highest BCUT2D eigenvalue weighted by molar-refractivity contribution is 7.89. The van der Waals surface area contributed by atoms with Crippen LogP contribution in [0.25, 0.3) is 10.8 Å². The van der Waals surface area contributed by atoms with Gasteiger partial charge in [0, 0.05) is 25.0 Å². The number of nitrogens with zero attached hydrogens (tertiary/aromatic N) is 2. The van der Waals surface area contributed by atoms with Gasteiger partial charge in [-0.1, -0.05) is 12.1 Å². The zero-order valence-electron chi connectivity index (χ0n) is 16.4. The SMILES string of the molecule is COc1ccc2cc(S(=O)(=O)N3CCn4cccc4C3COCC(=O)O)ccc2c1. The molecule has 2 heterocycles. The molecule has 0 saturated carbocycles. The van der Waals surface area contributed by atoms with Gasteiger partial charge < -0.3 is 19.1 Å². The molecule has 0 spiro atoms. The molecule has 0 radical (unpaired) electrons. The second-order valence-corrected chi connectivity index (χ2v) is 8.93. The van der Waals surface area contributed by atoms with Crippen molar-refractivity contribution in [2.75, 3.05) is 26.9 Å². The van der Waals surface area contributed by atoms with E-state index in [4.69, 9.17) is 14.6 Å². The van der Waals surface area contributed by atoms with E-state index in [0.717, 1.165) is 16.5 Å². The minimum absolute atomic E-state index is 0.0413. The number of ether oxygens (including phenoxy) is 2.